The highest BCUT2D eigenvalue weighted by atomic mass is 35.5. The largest absolute Gasteiger partial charge is 0.460 e. The number of ether oxygens (including phenoxy) is 1. The maximum Gasteiger partial charge on any atom is 0.217 e. The summed E-state index contributed by atoms with van der Waals surface area (Å²) in [6, 6.07) is 5.92. The van der Waals surface area contributed by atoms with Crippen molar-refractivity contribution in [2.24, 2.45) is 15.7 Å². The predicted octanol–water partition coefficient (Wildman–Crippen LogP) is 3.26. The van der Waals surface area contributed by atoms with Crippen LogP contribution in [0.25, 0.3) is 0 Å². The zero-order valence-electron chi connectivity index (χ0n) is 11.7. The number of aliphatic imine (C=N–C) groups is 2. The lowest BCUT2D eigenvalue weighted by Crippen LogP contribution is -2.28. The zero-order valence-corrected chi connectivity index (χ0v) is 13.3. The summed E-state index contributed by atoms with van der Waals surface area (Å²) in [5.74, 6) is 0.210. The second-order valence-corrected chi connectivity index (χ2v) is 6.60. The molecule has 0 fully saturated rings. The fraction of sp³-hybridized carbons (Fsp3) is 0.333. The molecule has 22 heavy (non-hydrogen) atoms. The van der Waals surface area contributed by atoms with Crippen LogP contribution in [0.15, 0.2) is 45.5 Å². The summed E-state index contributed by atoms with van der Waals surface area (Å²) < 4.78 is 18.9. The molecule has 1 aromatic rings. The Morgan fingerprint density at radius 1 is 1.32 bits per heavy atom. The normalized spacial score (nSPS) is 24.4. The molecule has 0 spiro atoms. The van der Waals surface area contributed by atoms with Gasteiger partial charge >= 0.3 is 0 Å². The fourth-order valence-corrected chi connectivity index (χ4v) is 3.37. The second-order valence-electron chi connectivity index (χ2n) is 4.95. The molecule has 7 heteroatoms. The molecule has 0 aliphatic carbocycles. The minimum atomic E-state index is -0.288. The van der Waals surface area contributed by atoms with Crippen LogP contribution in [-0.2, 0) is 4.74 Å². The van der Waals surface area contributed by atoms with Crippen LogP contribution >= 0.6 is 23.4 Å². The Hall–Kier alpha value is -1.37. The number of nitrogens with zero attached hydrogens (tertiary/aromatic N) is 2. The molecule has 2 heterocycles. The quantitative estimate of drug-likeness (QED) is 0.919. The molecule has 0 saturated heterocycles. The van der Waals surface area contributed by atoms with E-state index in [0.717, 1.165) is 28.5 Å². The van der Waals surface area contributed by atoms with Gasteiger partial charge in [0.1, 0.15) is 11.9 Å². The van der Waals surface area contributed by atoms with E-state index in [9.17, 15) is 4.39 Å². The molecular weight excluding hydrogens is 325 g/mol. The van der Waals surface area contributed by atoms with Gasteiger partial charge in [-0.25, -0.2) is 9.38 Å². The molecule has 0 amide bonds. The second kappa shape index (κ2) is 6.81. The van der Waals surface area contributed by atoms with Crippen LogP contribution in [0.4, 0.5) is 4.39 Å². The van der Waals surface area contributed by atoms with E-state index in [1.165, 1.54) is 23.9 Å². The number of halogens is 2. The highest BCUT2D eigenvalue weighted by Gasteiger charge is 2.32. The zero-order chi connectivity index (χ0) is 15.5. The first-order valence-electron chi connectivity index (χ1n) is 6.94. The number of benzene rings is 1. The van der Waals surface area contributed by atoms with E-state index in [2.05, 4.69) is 9.98 Å². The van der Waals surface area contributed by atoms with Crippen molar-refractivity contribution in [1.29, 1.82) is 0 Å². The van der Waals surface area contributed by atoms with Gasteiger partial charge in [-0.3, -0.25) is 4.99 Å². The molecule has 1 aromatic carbocycles. The van der Waals surface area contributed by atoms with Gasteiger partial charge in [-0.15, -0.1) is 0 Å². The van der Waals surface area contributed by atoms with Gasteiger partial charge < -0.3 is 10.5 Å². The summed E-state index contributed by atoms with van der Waals surface area (Å²) in [6.45, 7) is 0.381. The molecule has 3 rings (SSSR count). The minimum Gasteiger partial charge on any atom is -0.460 e. The maximum absolute atomic E-state index is 13.0. The van der Waals surface area contributed by atoms with Gasteiger partial charge in [0.05, 0.1) is 5.04 Å². The van der Waals surface area contributed by atoms with E-state index < -0.39 is 0 Å². The van der Waals surface area contributed by atoms with Crippen molar-refractivity contribution in [3.05, 3.63) is 46.9 Å². The topological polar surface area (TPSA) is 60.0 Å². The third kappa shape index (κ3) is 3.51. The van der Waals surface area contributed by atoms with Crippen LogP contribution in [0.3, 0.4) is 0 Å². The standard InChI is InChI=1S/C15H15ClFN3OS/c16-10-3-6-13(19-8-10)22-15-12(7-18)20-14(21-15)9-1-4-11(17)5-2-9/h1-2,4-5,8,12,15H,3,6-7,18H2. The molecule has 2 N–H and O–H groups in total. The number of hydrogen-bond acceptors (Lipinski definition) is 5. The first-order valence-corrected chi connectivity index (χ1v) is 8.20. The van der Waals surface area contributed by atoms with Gasteiger partial charge in [0.2, 0.25) is 5.90 Å². The molecule has 2 aliphatic rings. The third-order valence-corrected chi connectivity index (χ3v) is 4.85. The predicted molar refractivity (Wildman–Crippen MR) is 88.8 cm³/mol. The minimum absolute atomic E-state index is 0.144. The van der Waals surface area contributed by atoms with E-state index in [0.29, 0.717) is 12.4 Å². The average molecular weight is 340 g/mol. The Balaban J connectivity index is 1.71. The number of hydrogen-bond donors (Lipinski definition) is 1. The first-order chi connectivity index (χ1) is 10.7. The van der Waals surface area contributed by atoms with Crippen LogP contribution < -0.4 is 5.73 Å². The SMILES string of the molecule is NCC1N=C(c2ccc(F)cc2)OC1SC1=NC=C(Cl)CC1. The van der Waals surface area contributed by atoms with Crippen LogP contribution in [0.1, 0.15) is 18.4 Å². The third-order valence-electron chi connectivity index (χ3n) is 3.34. The molecule has 116 valence electrons. The molecule has 0 radical (unpaired) electrons. The average Bonchev–Trinajstić information content (AvgIpc) is 2.93. The summed E-state index contributed by atoms with van der Waals surface area (Å²) in [7, 11) is 0. The Labute approximate surface area is 137 Å². The van der Waals surface area contributed by atoms with Crippen LogP contribution in [0, 0.1) is 5.82 Å². The smallest absolute Gasteiger partial charge is 0.217 e. The van der Waals surface area contributed by atoms with Crippen molar-refractivity contribution < 1.29 is 9.13 Å². The van der Waals surface area contributed by atoms with Crippen molar-refractivity contribution in [3.63, 3.8) is 0 Å². The van der Waals surface area contributed by atoms with E-state index in [1.807, 2.05) is 0 Å². The summed E-state index contributed by atoms with van der Waals surface area (Å²) in [5, 5.41) is 1.72. The number of allylic oxidation sites excluding steroid dienone is 1. The summed E-state index contributed by atoms with van der Waals surface area (Å²) in [5.41, 5.74) is 6.32. The summed E-state index contributed by atoms with van der Waals surface area (Å²) in [4.78, 5) is 8.81. The Kier molecular flexibility index (Phi) is 4.81. The number of rotatable bonds is 3. The highest BCUT2D eigenvalue weighted by Crippen LogP contribution is 2.31. The monoisotopic (exact) mass is 339 g/mol. The summed E-state index contributed by atoms with van der Waals surface area (Å²) in [6.07, 6.45) is 3.25. The van der Waals surface area contributed by atoms with Gasteiger partial charge in [0.25, 0.3) is 0 Å². The van der Waals surface area contributed by atoms with Gasteiger partial charge in [0.15, 0.2) is 5.44 Å². The molecular formula is C15H15ClFN3OS. The van der Waals surface area contributed by atoms with Gasteiger partial charge in [0, 0.05) is 29.8 Å². The van der Waals surface area contributed by atoms with E-state index >= 15 is 0 Å². The molecule has 0 aromatic heterocycles. The van der Waals surface area contributed by atoms with E-state index in [1.54, 1.807) is 18.3 Å². The van der Waals surface area contributed by atoms with Crippen molar-refractivity contribution in [2.75, 3.05) is 6.54 Å². The lowest BCUT2D eigenvalue weighted by molar-refractivity contribution is 0.285. The molecule has 4 nitrogen and oxygen atoms in total. The molecule has 0 saturated carbocycles. The van der Waals surface area contributed by atoms with Crippen LogP contribution in [-0.4, -0.2) is 29.0 Å². The van der Waals surface area contributed by atoms with Crippen molar-refractivity contribution in [1.82, 2.24) is 0 Å². The van der Waals surface area contributed by atoms with Crippen molar-refractivity contribution in [2.45, 2.75) is 24.3 Å². The van der Waals surface area contributed by atoms with E-state index in [4.69, 9.17) is 22.1 Å². The van der Waals surface area contributed by atoms with Crippen molar-refractivity contribution in [3.8, 4) is 0 Å². The van der Waals surface area contributed by atoms with Crippen LogP contribution in [0.2, 0.25) is 0 Å². The van der Waals surface area contributed by atoms with Gasteiger partial charge in [-0.2, -0.15) is 0 Å². The van der Waals surface area contributed by atoms with Crippen molar-refractivity contribution >= 4 is 34.3 Å². The molecule has 2 unspecified atom stereocenters. The maximum atomic E-state index is 13.0. The van der Waals surface area contributed by atoms with E-state index in [-0.39, 0.29) is 17.3 Å². The fourth-order valence-electron chi connectivity index (χ4n) is 2.15. The number of thioether (sulfide) groups is 1. The molecule has 0 bridgehead atoms. The lowest BCUT2D eigenvalue weighted by Gasteiger charge is -2.18. The Morgan fingerprint density at radius 3 is 2.73 bits per heavy atom. The highest BCUT2D eigenvalue weighted by molar-refractivity contribution is 8.14. The van der Waals surface area contributed by atoms with Crippen LogP contribution in [0.5, 0.6) is 0 Å². The van der Waals surface area contributed by atoms with Gasteiger partial charge in [-0.1, -0.05) is 23.4 Å². The Morgan fingerprint density at radius 2 is 2.09 bits per heavy atom. The van der Waals surface area contributed by atoms with Gasteiger partial charge in [-0.05, 0) is 30.7 Å². The molecule has 2 atom stereocenters. The Bertz CT molecular complexity index is 645. The number of nitrogens with two attached hydrogens (primary N) is 1. The lowest BCUT2D eigenvalue weighted by atomic mass is 10.2. The summed E-state index contributed by atoms with van der Waals surface area (Å²) >= 11 is 7.43. The molecule has 2 aliphatic heterocycles. The first kappa shape index (κ1) is 15.5.